The van der Waals surface area contributed by atoms with Gasteiger partial charge in [-0.15, -0.1) is 12.4 Å². The van der Waals surface area contributed by atoms with Crippen molar-refractivity contribution in [2.24, 2.45) is 5.73 Å². The lowest BCUT2D eigenvalue weighted by Gasteiger charge is -2.28. The number of amides is 1. The zero-order valence-corrected chi connectivity index (χ0v) is 14.4. The summed E-state index contributed by atoms with van der Waals surface area (Å²) < 4.78 is 5.38. The minimum Gasteiger partial charge on any atom is -0.496 e. The maximum Gasteiger partial charge on any atom is 0.251 e. The van der Waals surface area contributed by atoms with Crippen molar-refractivity contribution in [3.05, 3.63) is 65.2 Å². The summed E-state index contributed by atoms with van der Waals surface area (Å²) in [5.74, 6) is 0.630. The first-order valence-electron chi connectivity index (χ1n) is 7.23. The highest BCUT2D eigenvalue weighted by Gasteiger charge is 2.26. The Morgan fingerprint density at radius 3 is 2.30 bits per heavy atom. The molecule has 23 heavy (non-hydrogen) atoms. The topological polar surface area (TPSA) is 64.3 Å². The molecule has 2 aromatic rings. The molecular formula is C18H23ClN2O2. The van der Waals surface area contributed by atoms with E-state index in [2.05, 4.69) is 5.32 Å². The van der Waals surface area contributed by atoms with Gasteiger partial charge in [0.05, 0.1) is 12.6 Å². The lowest BCUT2D eigenvalue weighted by molar-refractivity contribution is 0.0911. The van der Waals surface area contributed by atoms with E-state index in [1.54, 1.807) is 19.2 Å². The maximum absolute atomic E-state index is 12.4. The normalized spacial score (nSPS) is 10.6. The Labute approximate surface area is 143 Å². The molecule has 0 aliphatic heterocycles. The average Bonchev–Trinajstić information content (AvgIpc) is 2.54. The largest absolute Gasteiger partial charge is 0.496 e. The first-order chi connectivity index (χ1) is 10.5. The fraction of sp³-hybridized carbons (Fsp3) is 0.278. The zero-order valence-electron chi connectivity index (χ0n) is 13.6. The SMILES string of the molecule is COc1ccccc1C(C)(C)NC(=O)c1ccc(CN)cc1.Cl. The van der Waals surface area contributed by atoms with Crippen LogP contribution in [0, 0.1) is 0 Å². The minimum absolute atomic E-state index is 0. The highest BCUT2D eigenvalue weighted by molar-refractivity contribution is 5.94. The van der Waals surface area contributed by atoms with Gasteiger partial charge in [0.15, 0.2) is 0 Å². The molecule has 0 saturated heterocycles. The zero-order chi connectivity index (χ0) is 16.2. The number of carbonyl (C=O) groups is 1. The second kappa shape index (κ2) is 7.99. The van der Waals surface area contributed by atoms with Gasteiger partial charge in [0.25, 0.3) is 5.91 Å². The standard InChI is InChI=1S/C18H22N2O2.ClH/c1-18(2,15-6-4-5-7-16(15)22-3)20-17(21)14-10-8-13(12-19)9-11-14;/h4-11H,12,19H2,1-3H3,(H,20,21);1H. The molecule has 1 amide bonds. The lowest BCUT2D eigenvalue weighted by atomic mass is 9.92. The van der Waals surface area contributed by atoms with E-state index >= 15 is 0 Å². The van der Waals surface area contributed by atoms with Gasteiger partial charge in [-0.2, -0.15) is 0 Å². The number of nitrogens with two attached hydrogens (primary N) is 1. The summed E-state index contributed by atoms with van der Waals surface area (Å²) in [6.45, 7) is 4.38. The smallest absolute Gasteiger partial charge is 0.251 e. The monoisotopic (exact) mass is 334 g/mol. The molecule has 0 aromatic heterocycles. The van der Waals surface area contributed by atoms with Crippen LogP contribution in [0.1, 0.15) is 35.3 Å². The van der Waals surface area contributed by atoms with Crippen LogP contribution in [-0.2, 0) is 12.1 Å². The van der Waals surface area contributed by atoms with E-state index in [0.717, 1.165) is 16.9 Å². The van der Waals surface area contributed by atoms with E-state index in [1.807, 2.05) is 50.2 Å². The molecule has 2 aromatic carbocycles. The number of para-hydroxylation sites is 1. The van der Waals surface area contributed by atoms with Gasteiger partial charge < -0.3 is 15.8 Å². The van der Waals surface area contributed by atoms with Crippen LogP contribution < -0.4 is 15.8 Å². The molecule has 0 spiro atoms. The molecule has 3 N–H and O–H groups in total. The Morgan fingerprint density at radius 1 is 1.13 bits per heavy atom. The Bertz CT molecular complexity index is 654. The molecule has 0 radical (unpaired) electrons. The fourth-order valence-corrected chi connectivity index (χ4v) is 2.38. The number of carbonyl (C=O) groups excluding carboxylic acids is 1. The third-order valence-electron chi connectivity index (χ3n) is 3.66. The van der Waals surface area contributed by atoms with Crippen molar-refractivity contribution >= 4 is 18.3 Å². The van der Waals surface area contributed by atoms with Gasteiger partial charge in [0, 0.05) is 17.7 Å². The molecule has 0 atom stereocenters. The van der Waals surface area contributed by atoms with Crippen LogP contribution >= 0.6 is 12.4 Å². The van der Waals surface area contributed by atoms with Crippen molar-refractivity contribution < 1.29 is 9.53 Å². The number of hydrogen-bond donors (Lipinski definition) is 2. The van der Waals surface area contributed by atoms with Crippen molar-refractivity contribution in [2.45, 2.75) is 25.9 Å². The Morgan fingerprint density at radius 2 is 1.74 bits per heavy atom. The Hall–Kier alpha value is -2.04. The fourth-order valence-electron chi connectivity index (χ4n) is 2.38. The Balaban J connectivity index is 0.00000264. The third kappa shape index (κ3) is 4.47. The summed E-state index contributed by atoms with van der Waals surface area (Å²) in [4.78, 5) is 12.4. The van der Waals surface area contributed by atoms with Crippen LogP contribution in [0.15, 0.2) is 48.5 Å². The summed E-state index contributed by atoms with van der Waals surface area (Å²) in [5.41, 5.74) is 7.57. The van der Waals surface area contributed by atoms with Gasteiger partial charge >= 0.3 is 0 Å². The van der Waals surface area contributed by atoms with Crippen LogP contribution in [-0.4, -0.2) is 13.0 Å². The highest BCUT2D eigenvalue weighted by atomic mass is 35.5. The summed E-state index contributed by atoms with van der Waals surface area (Å²) in [6, 6.07) is 15.0. The molecule has 0 unspecified atom stereocenters. The van der Waals surface area contributed by atoms with Gasteiger partial charge in [-0.05, 0) is 37.6 Å². The highest BCUT2D eigenvalue weighted by Crippen LogP contribution is 2.29. The average molecular weight is 335 g/mol. The molecule has 0 saturated carbocycles. The second-order valence-electron chi connectivity index (χ2n) is 5.68. The molecule has 0 aliphatic rings. The first-order valence-corrected chi connectivity index (χ1v) is 7.23. The van der Waals surface area contributed by atoms with E-state index in [9.17, 15) is 4.79 Å². The number of halogens is 1. The number of nitrogens with one attached hydrogen (secondary N) is 1. The summed E-state index contributed by atoms with van der Waals surface area (Å²) >= 11 is 0. The predicted molar refractivity (Wildman–Crippen MR) is 95.1 cm³/mol. The molecule has 4 nitrogen and oxygen atoms in total. The van der Waals surface area contributed by atoms with Crippen molar-refractivity contribution in [3.63, 3.8) is 0 Å². The van der Waals surface area contributed by atoms with Gasteiger partial charge in [-0.3, -0.25) is 4.79 Å². The predicted octanol–water partition coefficient (Wildman–Crippen LogP) is 3.24. The van der Waals surface area contributed by atoms with Crippen LogP contribution in [0.2, 0.25) is 0 Å². The molecule has 0 fully saturated rings. The summed E-state index contributed by atoms with van der Waals surface area (Å²) in [7, 11) is 1.63. The molecule has 0 bridgehead atoms. The van der Waals surface area contributed by atoms with E-state index in [4.69, 9.17) is 10.5 Å². The van der Waals surface area contributed by atoms with Crippen LogP contribution in [0.3, 0.4) is 0 Å². The molecule has 2 rings (SSSR count). The number of ether oxygens (including phenoxy) is 1. The molecule has 0 aliphatic carbocycles. The number of benzene rings is 2. The van der Waals surface area contributed by atoms with E-state index in [-0.39, 0.29) is 18.3 Å². The van der Waals surface area contributed by atoms with Gasteiger partial charge in [0.2, 0.25) is 0 Å². The number of hydrogen-bond acceptors (Lipinski definition) is 3. The Kier molecular flexibility index (Phi) is 6.61. The van der Waals surface area contributed by atoms with E-state index in [0.29, 0.717) is 12.1 Å². The van der Waals surface area contributed by atoms with E-state index < -0.39 is 5.54 Å². The maximum atomic E-state index is 12.4. The summed E-state index contributed by atoms with van der Waals surface area (Å²) in [5, 5.41) is 3.05. The van der Waals surface area contributed by atoms with Crippen molar-refractivity contribution in [3.8, 4) is 5.75 Å². The van der Waals surface area contributed by atoms with Crippen LogP contribution in [0.4, 0.5) is 0 Å². The van der Waals surface area contributed by atoms with Crippen LogP contribution in [0.25, 0.3) is 0 Å². The molecular weight excluding hydrogens is 312 g/mol. The van der Waals surface area contributed by atoms with Gasteiger partial charge in [-0.1, -0.05) is 30.3 Å². The molecule has 0 heterocycles. The quantitative estimate of drug-likeness (QED) is 0.882. The van der Waals surface area contributed by atoms with Gasteiger partial charge in [0.1, 0.15) is 5.75 Å². The van der Waals surface area contributed by atoms with Gasteiger partial charge in [-0.25, -0.2) is 0 Å². The summed E-state index contributed by atoms with van der Waals surface area (Å²) in [6.07, 6.45) is 0. The second-order valence-corrected chi connectivity index (χ2v) is 5.68. The minimum atomic E-state index is -0.545. The van der Waals surface area contributed by atoms with Crippen LogP contribution in [0.5, 0.6) is 5.75 Å². The van der Waals surface area contributed by atoms with E-state index in [1.165, 1.54) is 0 Å². The third-order valence-corrected chi connectivity index (χ3v) is 3.66. The van der Waals surface area contributed by atoms with Crippen molar-refractivity contribution in [1.82, 2.24) is 5.32 Å². The lowest BCUT2D eigenvalue weighted by Crippen LogP contribution is -2.41. The molecule has 124 valence electrons. The number of methoxy groups -OCH3 is 1. The first kappa shape index (κ1) is 19.0. The van der Waals surface area contributed by atoms with Crippen molar-refractivity contribution in [1.29, 1.82) is 0 Å². The van der Waals surface area contributed by atoms with Crippen molar-refractivity contribution in [2.75, 3.05) is 7.11 Å². The number of rotatable bonds is 5. The molecule has 5 heteroatoms.